The van der Waals surface area contributed by atoms with Crippen molar-refractivity contribution in [1.29, 1.82) is 0 Å². The van der Waals surface area contributed by atoms with Gasteiger partial charge in [0.15, 0.2) is 0 Å². The van der Waals surface area contributed by atoms with Gasteiger partial charge in [0.25, 0.3) is 0 Å². The summed E-state index contributed by atoms with van der Waals surface area (Å²) < 4.78 is 0. The molecular weight excluding hydrogens is 246 g/mol. The molecule has 0 unspecified atom stereocenters. The van der Waals surface area contributed by atoms with E-state index in [0.29, 0.717) is 12.2 Å². The summed E-state index contributed by atoms with van der Waals surface area (Å²) >= 11 is 0. The summed E-state index contributed by atoms with van der Waals surface area (Å²) in [6, 6.07) is 5.43. The summed E-state index contributed by atoms with van der Waals surface area (Å²) in [5.74, 6) is -1.38. The molecule has 1 aromatic carbocycles. The summed E-state index contributed by atoms with van der Waals surface area (Å²) in [6.45, 7) is 1.73. The van der Waals surface area contributed by atoms with Crippen LogP contribution in [0, 0.1) is 0 Å². The largest absolute Gasteiger partial charge is 0.480 e. The Morgan fingerprint density at radius 1 is 1.53 bits per heavy atom. The highest BCUT2D eigenvalue weighted by Gasteiger charge is 2.24. The molecule has 3 N–H and O–H groups in total. The number of amides is 1. The molecule has 1 aromatic rings. The average Bonchev–Trinajstić information content (AvgIpc) is 2.50. The van der Waals surface area contributed by atoms with E-state index in [0.717, 1.165) is 16.8 Å². The van der Waals surface area contributed by atoms with Crippen LogP contribution in [0.3, 0.4) is 0 Å². The minimum Gasteiger partial charge on any atom is -0.480 e. The zero-order chi connectivity index (χ0) is 14.0. The lowest BCUT2D eigenvalue weighted by atomic mass is 10.0. The third kappa shape index (κ3) is 2.63. The summed E-state index contributed by atoms with van der Waals surface area (Å²) in [5.41, 5.74) is 8.49. The smallest absolute Gasteiger partial charge is 0.323 e. The SMILES string of the molecule is CC1=NCC(=O)N(CC(=O)O)c2cc(CN)ccc21. The minimum atomic E-state index is -1.06. The number of hydrogen-bond donors (Lipinski definition) is 2. The Bertz CT molecular complexity index is 566. The number of benzodiazepines with no additional fused rings is 1. The highest BCUT2D eigenvalue weighted by molar-refractivity contribution is 6.12. The summed E-state index contributed by atoms with van der Waals surface area (Å²) in [6.07, 6.45) is 0. The lowest BCUT2D eigenvalue weighted by molar-refractivity contribution is -0.136. The van der Waals surface area contributed by atoms with Gasteiger partial charge in [-0.3, -0.25) is 19.5 Å². The van der Waals surface area contributed by atoms with Gasteiger partial charge in [0.2, 0.25) is 5.91 Å². The van der Waals surface area contributed by atoms with Crippen molar-refractivity contribution < 1.29 is 14.7 Å². The molecule has 0 spiro atoms. The highest BCUT2D eigenvalue weighted by Crippen LogP contribution is 2.25. The fourth-order valence-electron chi connectivity index (χ4n) is 2.03. The van der Waals surface area contributed by atoms with E-state index in [-0.39, 0.29) is 19.0 Å². The number of carbonyl (C=O) groups is 2. The van der Waals surface area contributed by atoms with Crippen molar-refractivity contribution in [2.75, 3.05) is 18.0 Å². The van der Waals surface area contributed by atoms with Crippen LogP contribution in [-0.4, -0.2) is 35.8 Å². The van der Waals surface area contributed by atoms with E-state index < -0.39 is 5.97 Å². The number of carboxylic acids is 1. The Labute approximate surface area is 110 Å². The van der Waals surface area contributed by atoms with Gasteiger partial charge in [0.05, 0.1) is 5.69 Å². The molecule has 6 heteroatoms. The average molecular weight is 261 g/mol. The Morgan fingerprint density at radius 2 is 2.26 bits per heavy atom. The van der Waals surface area contributed by atoms with Crippen LogP contribution >= 0.6 is 0 Å². The number of nitrogens with two attached hydrogens (primary N) is 1. The predicted octanol–water partition coefficient (Wildman–Crippen LogP) is 0.386. The molecule has 1 aliphatic heterocycles. The van der Waals surface area contributed by atoms with E-state index >= 15 is 0 Å². The molecule has 0 aromatic heterocycles. The Balaban J connectivity index is 2.56. The van der Waals surface area contributed by atoms with Gasteiger partial charge in [-0.2, -0.15) is 0 Å². The number of rotatable bonds is 3. The van der Waals surface area contributed by atoms with Gasteiger partial charge in [-0.15, -0.1) is 0 Å². The maximum atomic E-state index is 12.0. The Kier molecular flexibility index (Phi) is 3.62. The van der Waals surface area contributed by atoms with E-state index in [4.69, 9.17) is 10.8 Å². The Morgan fingerprint density at radius 3 is 2.89 bits per heavy atom. The molecule has 19 heavy (non-hydrogen) atoms. The molecular formula is C13H15N3O3. The first-order valence-corrected chi connectivity index (χ1v) is 5.89. The number of anilines is 1. The van der Waals surface area contributed by atoms with E-state index in [9.17, 15) is 9.59 Å². The monoisotopic (exact) mass is 261 g/mol. The van der Waals surface area contributed by atoms with Crippen LogP contribution in [0.5, 0.6) is 0 Å². The number of aliphatic carboxylic acids is 1. The second-order valence-electron chi connectivity index (χ2n) is 4.33. The van der Waals surface area contributed by atoms with Gasteiger partial charge in [-0.1, -0.05) is 12.1 Å². The van der Waals surface area contributed by atoms with Crippen LogP contribution < -0.4 is 10.6 Å². The molecule has 1 aliphatic rings. The van der Waals surface area contributed by atoms with Crippen LogP contribution in [0.25, 0.3) is 0 Å². The van der Waals surface area contributed by atoms with Gasteiger partial charge in [0, 0.05) is 17.8 Å². The second-order valence-corrected chi connectivity index (χ2v) is 4.33. The summed E-state index contributed by atoms with van der Waals surface area (Å²) in [4.78, 5) is 28.3. The van der Waals surface area contributed by atoms with Crippen LogP contribution in [0.4, 0.5) is 5.69 Å². The number of carbonyl (C=O) groups excluding carboxylic acids is 1. The van der Waals surface area contributed by atoms with Crippen LogP contribution in [0.15, 0.2) is 23.2 Å². The van der Waals surface area contributed by atoms with Crippen molar-refractivity contribution >= 4 is 23.3 Å². The van der Waals surface area contributed by atoms with Gasteiger partial charge < -0.3 is 10.8 Å². The zero-order valence-corrected chi connectivity index (χ0v) is 10.6. The number of aliphatic imine (C=N–C) groups is 1. The number of carboxylic acid groups (broad SMARTS) is 1. The lowest BCUT2D eigenvalue weighted by Gasteiger charge is -2.21. The van der Waals surface area contributed by atoms with Crippen molar-refractivity contribution in [3.8, 4) is 0 Å². The molecule has 0 saturated carbocycles. The molecule has 2 rings (SSSR count). The van der Waals surface area contributed by atoms with E-state index in [1.54, 1.807) is 13.0 Å². The summed E-state index contributed by atoms with van der Waals surface area (Å²) in [7, 11) is 0. The van der Waals surface area contributed by atoms with Crippen LogP contribution in [0.1, 0.15) is 18.1 Å². The molecule has 0 atom stereocenters. The minimum absolute atomic E-state index is 0.0360. The molecule has 0 radical (unpaired) electrons. The third-order valence-electron chi connectivity index (χ3n) is 3.02. The summed E-state index contributed by atoms with van der Waals surface area (Å²) in [5, 5.41) is 8.94. The molecule has 100 valence electrons. The van der Waals surface area contributed by atoms with Crippen LogP contribution in [0.2, 0.25) is 0 Å². The predicted molar refractivity (Wildman–Crippen MR) is 71.4 cm³/mol. The standard InChI is InChI=1S/C13H15N3O3/c1-8-10-3-2-9(5-14)4-11(10)16(7-13(18)19)12(17)6-15-8/h2-4H,5-7,14H2,1H3,(H,18,19). The normalized spacial score (nSPS) is 14.7. The van der Waals surface area contributed by atoms with Gasteiger partial charge in [0.1, 0.15) is 13.1 Å². The van der Waals surface area contributed by atoms with Crippen molar-refractivity contribution in [2.24, 2.45) is 10.7 Å². The second kappa shape index (κ2) is 5.19. The fourth-order valence-corrected chi connectivity index (χ4v) is 2.03. The molecule has 1 heterocycles. The maximum absolute atomic E-state index is 12.0. The van der Waals surface area contributed by atoms with Crippen LogP contribution in [-0.2, 0) is 16.1 Å². The number of fused-ring (bicyclic) bond motifs is 1. The molecule has 0 bridgehead atoms. The first kappa shape index (κ1) is 13.2. The van der Waals surface area contributed by atoms with E-state index in [1.807, 2.05) is 12.1 Å². The maximum Gasteiger partial charge on any atom is 0.323 e. The zero-order valence-electron chi connectivity index (χ0n) is 10.6. The number of hydrogen-bond acceptors (Lipinski definition) is 4. The fraction of sp³-hybridized carbons (Fsp3) is 0.308. The highest BCUT2D eigenvalue weighted by atomic mass is 16.4. The number of nitrogens with zero attached hydrogens (tertiary/aromatic N) is 2. The molecule has 0 fully saturated rings. The van der Waals surface area contributed by atoms with E-state index in [2.05, 4.69) is 4.99 Å². The Hall–Kier alpha value is -2.21. The van der Waals surface area contributed by atoms with Gasteiger partial charge in [-0.25, -0.2) is 0 Å². The van der Waals surface area contributed by atoms with Crippen molar-refractivity contribution in [1.82, 2.24) is 0 Å². The quantitative estimate of drug-likeness (QED) is 0.822. The van der Waals surface area contributed by atoms with Crippen molar-refractivity contribution in [2.45, 2.75) is 13.5 Å². The van der Waals surface area contributed by atoms with Crippen molar-refractivity contribution in [3.63, 3.8) is 0 Å². The molecule has 1 amide bonds. The molecule has 0 aliphatic carbocycles. The molecule has 0 saturated heterocycles. The topological polar surface area (TPSA) is 96.0 Å². The first-order chi connectivity index (χ1) is 9.02. The van der Waals surface area contributed by atoms with Gasteiger partial charge in [-0.05, 0) is 18.6 Å². The number of benzene rings is 1. The third-order valence-corrected chi connectivity index (χ3v) is 3.02. The lowest BCUT2D eigenvalue weighted by Crippen LogP contribution is -2.37. The van der Waals surface area contributed by atoms with Gasteiger partial charge >= 0.3 is 5.97 Å². The molecule has 6 nitrogen and oxygen atoms in total. The van der Waals surface area contributed by atoms with Crippen molar-refractivity contribution in [3.05, 3.63) is 29.3 Å². The first-order valence-electron chi connectivity index (χ1n) is 5.89. The van der Waals surface area contributed by atoms with E-state index in [1.165, 1.54) is 4.90 Å².